The molecule has 1 saturated carbocycles. The fraction of sp³-hybridized carbons (Fsp3) is 0.714. The van der Waals surface area contributed by atoms with E-state index in [9.17, 15) is 18.0 Å². The smallest absolute Gasteiger partial charge is 0.355 e. The Labute approximate surface area is 174 Å². The van der Waals surface area contributed by atoms with Crippen molar-refractivity contribution >= 4 is 23.3 Å². The highest BCUT2D eigenvalue weighted by atomic mass is 35.5. The first-order valence-corrected chi connectivity index (χ1v) is 11.0. The van der Waals surface area contributed by atoms with Gasteiger partial charge in [0, 0.05) is 37.8 Å². The Kier molecular flexibility index (Phi) is 5.96. The molecular formula is C21H27ClF3N3O. The number of pyridine rings is 1. The second-order valence-electron chi connectivity index (χ2n) is 8.57. The van der Waals surface area contributed by atoms with E-state index in [-0.39, 0.29) is 16.8 Å². The predicted molar refractivity (Wildman–Crippen MR) is 106 cm³/mol. The van der Waals surface area contributed by atoms with Crippen LogP contribution in [0.25, 0.3) is 0 Å². The number of anilines is 1. The fourth-order valence-corrected chi connectivity index (χ4v) is 5.58. The minimum absolute atomic E-state index is 0.00526. The van der Waals surface area contributed by atoms with Gasteiger partial charge in [-0.05, 0) is 50.5 Å². The van der Waals surface area contributed by atoms with Crippen LogP contribution in [0, 0.1) is 11.8 Å². The SMILES string of the molecule is O=C(C1CCN(c2ncc(C(F)(F)F)cc2Cl)CC1)N1CCCC2CCCCC21. The van der Waals surface area contributed by atoms with E-state index in [2.05, 4.69) is 9.88 Å². The van der Waals surface area contributed by atoms with E-state index in [1.165, 1.54) is 25.7 Å². The topological polar surface area (TPSA) is 36.4 Å². The summed E-state index contributed by atoms with van der Waals surface area (Å²) in [5.41, 5.74) is -0.844. The Bertz CT molecular complexity index is 747. The number of hydrogen-bond donors (Lipinski definition) is 0. The van der Waals surface area contributed by atoms with E-state index in [0.717, 1.165) is 31.6 Å². The van der Waals surface area contributed by atoms with Crippen LogP contribution >= 0.6 is 11.6 Å². The minimum Gasteiger partial charge on any atom is -0.355 e. The summed E-state index contributed by atoms with van der Waals surface area (Å²) in [5, 5.41) is 0.00526. The lowest BCUT2D eigenvalue weighted by molar-refractivity contribution is -0.142. The van der Waals surface area contributed by atoms with Gasteiger partial charge in [-0.1, -0.05) is 24.4 Å². The normalized spacial score (nSPS) is 26.3. The van der Waals surface area contributed by atoms with E-state index >= 15 is 0 Å². The molecule has 1 aromatic heterocycles. The number of alkyl halides is 3. The van der Waals surface area contributed by atoms with Gasteiger partial charge in [0.2, 0.25) is 5.91 Å². The number of likely N-dealkylation sites (tertiary alicyclic amines) is 1. The zero-order valence-corrected chi connectivity index (χ0v) is 17.2. The number of fused-ring (bicyclic) bond motifs is 1. The van der Waals surface area contributed by atoms with Crippen molar-refractivity contribution in [2.45, 2.75) is 63.6 Å². The quantitative estimate of drug-likeness (QED) is 0.652. The molecule has 2 aliphatic heterocycles. The average Bonchev–Trinajstić information content (AvgIpc) is 2.72. The van der Waals surface area contributed by atoms with E-state index in [1.807, 2.05) is 4.90 Å². The molecule has 2 unspecified atom stereocenters. The Balaban J connectivity index is 1.38. The van der Waals surface area contributed by atoms with Crippen molar-refractivity contribution in [2.24, 2.45) is 11.8 Å². The molecular weight excluding hydrogens is 403 g/mol. The molecule has 2 atom stereocenters. The molecule has 4 nitrogen and oxygen atoms in total. The van der Waals surface area contributed by atoms with Crippen LogP contribution in [0.5, 0.6) is 0 Å². The van der Waals surface area contributed by atoms with Gasteiger partial charge in [-0.25, -0.2) is 4.98 Å². The number of rotatable bonds is 2. The summed E-state index contributed by atoms with van der Waals surface area (Å²) < 4.78 is 38.5. The van der Waals surface area contributed by atoms with Gasteiger partial charge < -0.3 is 9.80 Å². The number of carbonyl (C=O) groups is 1. The molecule has 3 aliphatic rings. The van der Waals surface area contributed by atoms with Gasteiger partial charge in [0.25, 0.3) is 0 Å². The zero-order chi connectivity index (χ0) is 20.6. The van der Waals surface area contributed by atoms with Crippen LogP contribution in [0.4, 0.5) is 19.0 Å². The molecule has 0 radical (unpaired) electrons. The Hall–Kier alpha value is -1.50. The largest absolute Gasteiger partial charge is 0.417 e. The molecule has 4 rings (SSSR count). The molecule has 29 heavy (non-hydrogen) atoms. The second kappa shape index (κ2) is 8.32. The Morgan fingerprint density at radius 1 is 1.03 bits per heavy atom. The number of hydrogen-bond acceptors (Lipinski definition) is 3. The van der Waals surface area contributed by atoms with Crippen molar-refractivity contribution in [3.05, 3.63) is 22.8 Å². The number of carbonyl (C=O) groups excluding carboxylic acids is 1. The molecule has 1 amide bonds. The maximum atomic E-state index is 13.2. The lowest BCUT2D eigenvalue weighted by atomic mass is 9.77. The highest BCUT2D eigenvalue weighted by Crippen LogP contribution is 2.38. The predicted octanol–water partition coefficient (Wildman–Crippen LogP) is 5.15. The molecule has 3 fully saturated rings. The summed E-state index contributed by atoms with van der Waals surface area (Å²) in [4.78, 5) is 21.2. The summed E-state index contributed by atoms with van der Waals surface area (Å²) in [7, 11) is 0. The van der Waals surface area contributed by atoms with Crippen molar-refractivity contribution in [1.29, 1.82) is 0 Å². The number of aromatic nitrogens is 1. The monoisotopic (exact) mass is 429 g/mol. The third kappa shape index (κ3) is 4.35. The van der Waals surface area contributed by atoms with Crippen LogP contribution in [0.2, 0.25) is 5.02 Å². The van der Waals surface area contributed by atoms with Gasteiger partial charge in [0.05, 0.1) is 10.6 Å². The van der Waals surface area contributed by atoms with Crippen molar-refractivity contribution in [3.63, 3.8) is 0 Å². The molecule has 160 valence electrons. The summed E-state index contributed by atoms with van der Waals surface area (Å²) in [5.74, 6) is 1.29. The van der Waals surface area contributed by atoms with E-state index < -0.39 is 11.7 Å². The molecule has 2 saturated heterocycles. The Morgan fingerprint density at radius 2 is 1.72 bits per heavy atom. The molecule has 0 aromatic carbocycles. The number of nitrogens with zero attached hydrogens (tertiary/aromatic N) is 3. The zero-order valence-electron chi connectivity index (χ0n) is 16.4. The maximum Gasteiger partial charge on any atom is 0.417 e. The summed E-state index contributed by atoms with van der Waals surface area (Å²) in [6, 6.07) is 1.34. The first kappa shape index (κ1) is 20.8. The van der Waals surface area contributed by atoms with Crippen LogP contribution in [0.3, 0.4) is 0 Å². The van der Waals surface area contributed by atoms with E-state index in [0.29, 0.717) is 43.7 Å². The van der Waals surface area contributed by atoms with Gasteiger partial charge in [0.1, 0.15) is 5.82 Å². The molecule has 0 N–H and O–H groups in total. The van der Waals surface area contributed by atoms with Gasteiger partial charge in [-0.3, -0.25) is 4.79 Å². The van der Waals surface area contributed by atoms with Crippen LogP contribution in [0.1, 0.15) is 56.9 Å². The lowest BCUT2D eigenvalue weighted by Crippen LogP contribution is -2.52. The van der Waals surface area contributed by atoms with Gasteiger partial charge in [-0.15, -0.1) is 0 Å². The number of halogens is 4. The Morgan fingerprint density at radius 3 is 2.41 bits per heavy atom. The van der Waals surface area contributed by atoms with Crippen molar-refractivity contribution in [2.75, 3.05) is 24.5 Å². The molecule has 0 bridgehead atoms. The van der Waals surface area contributed by atoms with E-state index in [1.54, 1.807) is 0 Å². The van der Waals surface area contributed by atoms with Crippen LogP contribution in [-0.2, 0) is 11.0 Å². The second-order valence-corrected chi connectivity index (χ2v) is 8.98. The molecule has 1 aromatic rings. The molecule has 0 spiro atoms. The highest BCUT2D eigenvalue weighted by Gasteiger charge is 2.39. The number of piperidine rings is 2. The minimum atomic E-state index is -4.46. The summed E-state index contributed by atoms with van der Waals surface area (Å²) >= 11 is 6.09. The summed E-state index contributed by atoms with van der Waals surface area (Å²) in [6.07, 6.45) is 4.93. The first-order valence-electron chi connectivity index (χ1n) is 10.6. The fourth-order valence-electron chi connectivity index (χ4n) is 5.29. The van der Waals surface area contributed by atoms with Crippen LogP contribution < -0.4 is 4.90 Å². The maximum absolute atomic E-state index is 13.2. The molecule has 1 aliphatic carbocycles. The lowest BCUT2D eigenvalue weighted by Gasteiger charge is -2.46. The standard InChI is InChI=1S/C21H27ClF3N3O/c22-17-12-16(21(23,24)25)13-26-19(17)27-10-7-15(8-11-27)20(29)28-9-3-5-14-4-1-2-6-18(14)28/h12-15,18H,1-11H2. The van der Waals surface area contributed by atoms with Crippen molar-refractivity contribution in [3.8, 4) is 0 Å². The van der Waals surface area contributed by atoms with Crippen molar-refractivity contribution < 1.29 is 18.0 Å². The van der Waals surface area contributed by atoms with Crippen LogP contribution in [0.15, 0.2) is 12.3 Å². The third-order valence-corrected chi connectivity index (χ3v) is 7.10. The van der Waals surface area contributed by atoms with E-state index in [4.69, 9.17) is 11.6 Å². The highest BCUT2D eigenvalue weighted by molar-refractivity contribution is 6.33. The number of amides is 1. The van der Waals surface area contributed by atoms with Gasteiger partial charge >= 0.3 is 6.18 Å². The first-order chi connectivity index (χ1) is 13.8. The average molecular weight is 430 g/mol. The molecule has 8 heteroatoms. The van der Waals surface area contributed by atoms with Crippen LogP contribution in [-0.4, -0.2) is 41.5 Å². The van der Waals surface area contributed by atoms with Crippen molar-refractivity contribution in [1.82, 2.24) is 9.88 Å². The summed E-state index contributed by atoms with van der Waals surface area (Å²) in [6.45, 7) is 2.03. The van der Waals surface area contributed by atoms with Gasteiger partial charge in [-0.2, -0.15) is 13.2 Å². The third-order valence-electron chi connectivity index (χ3n) is 6.82. The van der Waals surface area contributed by atoms with Gasteiger partial charge in [0.15, 0.2) is 0 Å². The molecule has 3 heterocycles.